The van der Waals surface area contributed by atoms with E-state index in [0.717, 1.165) is 36.5 Å². The summed E-state index contributed by atoms with van der Waals surface area (Å²) in [5, 5.41) is 1.20. The summed E-state index contributed by atoms with van der Waals surface area (Å²) in [6.45, 7) is 1.50. The number of hydrogen-bond acceptors (Lipinski definition) is 3. The highest BCUT2D eigenvalue weighted by molar-refractivity contribution is 5.93. The van der Waals surface area contributed by atoms with Crippen molar-refractivity contribution in [1.29, 1.82) is 0 Å². The number of hydrogen-bond donors (Lipinski definition) is 1. The fourth-order valence-electron chi connectivity index (χ4n) is 3.98. The average molecular weight is 344 g/mol. The van der Waals surface area contributed by atoms with Gasteiger partial charge in [-0.05, 0) is 36.2 Å². The minimum atomic E-state index is 0.287. The third-order valence-electron chi connectivity index (χ3n) is 5.27. The van der Waals surface area contributed by atoms with Gasteiger partial charge in [0, 0.05) is 53.4 Å². The lowest BCUT2D eigenvalue weighted by Crippen LogP contribution is -2.20. The van der Waals surface area contributed by atoms with Crippen LogP contribution in [0.25, 0.3) is 22.3 Å². The van der Waals surface area contributed by atoms with Crippen LogP contribution in [0.4, 0.5) is 0 Å². The van der Waals surface area contributed by atoms with Crippen LogP contribution in [-0.4, -0.2) is 32.7 Å². The zero-order valence-corrected chi connectivity index (χ0v) is 14.4. The predicted molar refractivity (Wildman–Crippen MR) is 101 cm³/mol. The lowest BCUT2D eigenvalue weighted by atomic mass is 9.95. The Balaban J connectivity index is 1.51. The van der Waals surface area contributed by atoms with Gasteiger partial charge >= 0.3 is 0 Å². The minimum Gasteiger partial charge on any atom is -0.379 e. The molecule has 0 aliphatic carbocycles. The number of pyridine rings is 1. The monoisotopic (exact) mass is 344 g/mol. The topological polar surface area (TPSA) is 55.7 Å². The summed E-state index contributed by atoms with van der Waals surface area (Å²) in [4.78, 5) is 12.1. The van der Waals surface area contributed by atoms with E-state index in [1.807, 2.05) is 24.8 Å². The predicted octanol–water partition coefficient (Wildman–Crippen LogP) is 3.86. The van der Waals surface area contributed by atoms with Crippen molar-refractivity contribution in [2.75, 3.05) is 13.2 Å². The van der Waals surface area contributed by atoms with Gasteiger partial charge in [0.25, 0.3) is 0 Å². The molecule has 1 fully saturated rings. The van der Waals surface area contributed by atoms with E-state index in [-0.39, 0.29) is 6.04 Å². The third kappa shape index (κ3) is 2.61. The molecule has 0 unspecified atom stereocenters. The number of aromatic nitrogens is 4. The van der Waals surface area contributed by atoms with Crippen molar-refractivity contribution in [1.82, 2.24) is 19.5 Å². The molecule has 4 heterocycles. The van der Waals surface area contributed by atoms with E-state index in [4.69, 9.17) is 4.74 Å². The Hall–Kier alpha value is -2.92. The molecule has 0 radical (unpaired) electrons. The summed E-state index contributed by atoms with van der Waals surface area (Å²) in [6, 6.07) is 12.9. The lowest BCUT2D eigenvalue weighted by molar-refractivity contribution is 0.181. The number of rotatable bonds is 4. The van der Waals surface area contributed by atoms with Crippen molar-refractivity contribution in [2.45, 2.75) is 12.5 Å². The Bertz CT molecular complexity index is 1020. The van der Waals surface area contributed by atoms with Crippen LogP contribution in [-0.2, 0) is 11.2 Å². The smallest absolute Gasteiger partial charge is 0.140 e. The molecule has 1 aliphatic rings. The van der Waals surface area contributed by atoms with E-state index < -0.39 is 0 Å². The van der Waals surface area contributed by atoms with E-state index in [0.29, 0.717) is 5.92 Å². The van der Waals surface area contributed by atoms with Crippen molar-refractivity contribution in [3.8, 4) is 11.4 Å². The van der Waals surface area contributed by atoms with Crippen LogP contribution >= 0.6 is 0 Å². The molecule has 26 heavy (non-hydrogen) atoms. The highest BCUT2D eigenvalue weighted by Crippen LogP contribution is 2.34. The lowest BCUT2D eigenvalue weighted by Gasteiger charge is -2.21. The maximum Gasteiger partial charge on any atom is 0.140 e. The van der Waals surface area contributed by atoms with Gasteiger partial charge < -0.3 is 14.3 Å². The fourth-order valence-corrected chi connectivity index (χ4v) is 3.98. The van der Waals surface area contributed by atoms with Gasteiger partial charge in [-0.25, -0.2) is 4.98 Å². The Morgan fingerprint density at radius 3 is 2.92 bits per heavy atom. The highest BCUT2D eigenvalue weighted by Gasteiger charge is 2.31. The van der Waals surface area contributed by atoms with E-state index in [1.165, 1.54) is 10.9 Å². The van der Waals surface area contributed by atoms with Gasteiger partial charge in [0.1, 0.15) is 5.82 Å². The van der Waals surface area contributed by atoms with Gasteiger partial charge in [0.2, 0.25) is 0 Å². The molecule has 2 atom stereocenters. The maximum absolute atomic E-state index is 5.86. The molecule has 5 rings (SSSR count). The molecule has 5 heteroatoms. The quantitative estimate of drug-likeness (QED) is 0.612. The van der Waals surface area contributed by atoms with Gasteiger partial charge in [-0.2, -0.15) is 0 Å². The van der Waals surface area contributed by atoms with Crippen LogP contribution in [0.2, 0.25) is 0 Å². The van der Waals surface area contributed by atoms with Crippen molar-refractivity contribution in [3.63, 3.8) is 0 Å². The Labute approximate surface area is 151 Å². The molecule has 130 valence electrons. The second kappa shape index (κ2) is 6.42. The zero-order valence-electron chi connectivity index (χ0n) is 14.4. The van der Waals surface area contributed by atoms with Gasteiger partial charge in [-0.15, -0.1) is 0 Å². The van der Waals surface area contributed by atoms with Crippen LogP contribution in [0.1, 0.15) is 11.6 Å². The van der Waals surface area contributed by atoms with E-state index >= 15 is 0 Å². The number of ether oxygens (including phenoxy) is 1. The molecule has 0 amide bonds. The molecule has 3 aromatic heterocycles. The van der Waals surface area contributed by atoms with Gasteiger partial charge in [-0.1, -0.05) is 12.1 Å². The average Bonchev–Trinajstić information content (AvgIpc) is 3.42. The number of fused-ring (bicyclic) bond motifs is 1. The summed E-state index contributed by atoms with van der Waals surface area (Å²) < 4.78 is 8.15. The Morgan fingerprint density at radius 2 is 2.00 bits per heavy atom. The molecular weight excluding hydrogens is 324 g/mol. The standard InChI is InChI=1S/C21H20N4O/c1-2-18(17-6-9-23-19(17)3-1)21-24-10-11-25(21)20-14-26-13-16(20)12-15-4-7-22-8-5-15/h1-11,16,20,23H,12-14H2/t16-,20-/m1/s1. The van der Waals surface area contributed by atoms with Gasteiger partial charge in [0.05, 0.1) is 19.3 Å². The first-order valence-electron chi connectivity index (χ1n) is 8.96. The second-order valence-corrected chi connectivity index (χ2v) is 6.83. The highest BCUT2D eigenvalue weighted by atomic mass is 16.5. The molecule has 1 aliphatic heterocycles. The first-order chi connectivity index (χ1) is 12.9. The van der Waals surface area contributed by atoms with Crippen LogP contribution in [0.5, 0.6) is 0 Å². The molecule has 5 nitrogen and oxygen atoms in total. The number of H-pyrrole nitrogens is 1. The zero-order chi connectivity index (χ0) is 17.3. The van der Waals surface area contributed by atoms with Gasteiger partial charge in [-0.3, -0.25) is 4.98 Å². The number of benzene rings is 1. The fraction of sp³-hybridized carbons (Fsp3) is 0.238. The molecule has 0 spiro atoms. The summed E-state index contributed by atoms with van der Waals surface area (Å²) in [5.74, 6) is 1.43. The van der Waals surface area contributed by atoms with Crippen molar-refractivity contribution < 1.29 is 4.74 Å². The first-order valence-corrected chi connectivity index (χ1v) is 8.96. The summed E-state index contributed by atoms with van der Waals surface area (Å²) in [7, 11) is 0. The third-order valence-corrected chi connectivity index (χ3v) is 5.27. The normalized spacial score (nSPS) is 20.0. The number of nitrogens with one attached hydrogen (secondary N) is 1. The van der Waals surface area contributed by atoms with E-state index in [2.05, 4.69) is 62.1 Å². The molecule has 0 saturated carbocycles. The largest absolute Gasteiger partial charge is 0.379 e. The maximum atomic E-state index is 5.86. The number of imidazole rings is 1. The number of aromatic amines is 1. The summed E-state index contributed by atoms with van der Waals surface area (Å²) in [5.41, 5.74) is 3.59. The number of nitrogens with zero attached hydrogens (tertiary/aromatic N) is 3. The Kier molecular flexibility index (Phi) is 3.79. The summed E-state index contributed by atoms with van der Waals surface area (Å²) >= 11 is 0. The first kappa shape index (κ1) is 15.3. The van der Waals surface area contributed by atoms with Crippen molar-refractivity contribution in [2.24, 2.45) is 5.92 Å². The van der Waals surface area contributed by atoms with Gasteiger partial charge in [0.15, 0.2) is 0 Å². The molecule has 4 aromatic rings. The van der Waals surface area contributed by atoms with Crippen LogP contribution in [0.3, 0.4) is 0 Å². The molecule has 1 aromatic carbocycles. The van der Waals surface area contributed by atoms with Crippen LogP contribution in [0, 0.1) is 5.92 Å². The van der Waals surface area contributed by atoms with E-state index in [1.54, 1.807) is 0 Å². The molecule has 1 saturated heterocycles. The summed E-state index contributed by atoms with van der Waals surface area (Å²) in [6.07, 6.45) is 10.7. The van der Waals surface area contributed by atoms with Crippen molar-refractivity contribution >= 4 is 10.9 Å². The van der Waals surface area contributed by atoms with E-state index in [9.17, 15) is 0 Å². The molecule has 0 bridgehead atoms. The SMILES string of the molecule is c1cc(-c2nccn2[C@@H]2COC[C@H]2Cc2ccncc2)c2cc[nH]c2c1. The van der Waals surface area contributed by atoms with Crippen LogP contribution in [0.15, 0.2) is 67.4 Å². The minimum absolute atomic E-state index is 0.287. The van der Waals surface area contributed by atoms with Crippen molar-refractivity contribution in [3.05, 3.63) is 72.9 Å². The Morgan fingerprint density at radius 1 is 1.08 bits per heavy atom. The molecular formula is C21H20N4O. The molecule has 1 N–H and O–H groups in total. The van der Waals surface area contributed by atoms with Crippen LogP contribution < -0.4 is 0 Å². The second-order valence-electron chi connectivity index (χ2n) is 6.83.